The van der Waals surface area contributed by atoms with Crippen molar-refractivity contribution in [2.45, 2.75) is 0 Å². The highest BCUT2D eigenvalue weighted by molar-refractivity contribution is 7.13. The Labute approximate surface area is 93.5 Å². The van der Waals surface area contributed by atoms with E-state index in [2.05, 4.69) is 10.2 Å². The largest absolute Gasteiger partial charge is 0.276 e. The summed E-state index contributed by atoms with van der Waals surface area (Å²) in [5.74, 6) is 0. The molecule has 0 aromatic carbocycles. The Morgan fingerprint density at radius 1 is 1.53 bits per heavy atom. The molecule has 0 aliphatic carbocycles. The Morgan fingerprint density at radius 2 is 2.33 bits per heavy atom. The maximum atomic E-state index is 11.2. The lowest BCUT2D eigenvalue weighted by molar-refractivity contribution is 0.108. The quantitative estimate of drug-likeness (QED) is 0.816. The molecule has 15 heavy (non-hydrogen) atoms. The van der Waals surface area contributed by atoms with E-state index in [4.69, 9.17) is 11.6 Å². The number of rotatable bonds is 2. The van der Waals surface area contributed by atoms with E-state index in [1.54, 1.807) is 0 Å². The van der Waals surface area contributed by atoms with Crippen molar-refractivity contribution in [3.63, 3.8) is 0 Å². The Hall–Kier alpha value is -1.46. The lowest BCUT2D eigenvalue weighted by Gasteiger charge is -1.97. The molecule has 0 bridgehead atoms. The number of carbonyl (C=O) groups is 1. The van der Waals surface area contributed by atoms with Gasteiger partial charge in [-0.25, -0.2) is 5.10 Å². The summed E-state index contributed by atoms with van der Waals surface area (Å²) in [6.45, 7) is 0. The van der Waals surface area contributed by atoms with Gasteiger partial charge in [-0.1, -0.05) is 6.07 Å². The summed E-state index contributed by atoms with van der Waals surface area (Å²) >= 11 is 6.72. The minimum absolute atomic E-state index is 0.0879. The number of aromatic amines is 1. The van der Waals surface area contributed by atoms with Crippen molar-refractivity contribution < 1.29 is 4.79 Å². The second-order valence-electron chi connectivity index (χ2n) is 2.75. The van der Waals surface area contributed by atoms with Crippen LogP contribution in [0.3, 0.4) is 0 Å². The van der Waals surface area contributed by atoms with Gasteiger partial charge in [0.05, 0.1) is 4.88 Å². The minimum Gasteiger partial charge on any atom is -0.275 e. The third-order valence-corrected chi connectivity index (χ3v) is 2.88. The van der Waals surface area contributed by atoms with E-state index in [-0.39, 0.29) is 5.56 Å². The average Bonchev–Trinajstić information content (AvgIpc) is 2.71. The van der Waals surface area contributed by atoms with E-state index in [0.717, 1.165) is 4.88 Å². The number of carbonyl (C=O) groups excluding carboxylic acids is 1. The fourth-order valence-corrected chi connectivity index (χ4v) is 1.93. The smallest absolute Gasteiger partial charge is 0.275 e. The number of thiophene rings is 1. The molecule has 2 rings (SSSR count). The highest BCUT2D eigenvalue weighted by Gasteiger charge is 2.10. The van der Waals surface area contributed by atoms with Crippen molar-refractivity contribution in [1.82, 2.24) is 10.2 Å². The van der Waals surface area contributed by atoms with E-state index in [1.807, 2.05) is 17.5 Å². The monoisotopic (exact) mass is 240 g/mol. The van der Waals surface area contributed by atoms with Crippen molar-refractivity contribution in [2.24, 2.45) is 0 Å². The molecule has 0 amide bonds. The molecule has 0 fully saturated rings. The number of halogens is 1. The molecule has 2 aromatic heterocycles. The zero-order valence-corrected chi connectivity index (χ0v) is 8.93. The van der Waals surface area contributed by atoms with Crippen LogP contribution in [0.4, 0.5) is 0 Å². The van der Waals surface area contributed by atoms with E-state index < -0.39 is 10.8 Å². The molecule has 0 aliphatic rings. The van der Waals surface area contributed by atoms with E-state index in [9.17, 15) is 9.59 Å². The first kappa shape index (κ1) is 10.1. The summed E-state index contributed by atoms with van der Waals surface area (Å²) in [5.41, 5.74) is -0.126. The molecule has 1 N–H and O–H groups in total. The molecule has 2 aromatic rings. The number of hydrogen-bond acceptors (Lipinski definition) is 4. The number of H-pyrrole nitrogens is 1. The molecule has 0 spiro atoms. The van der Waals surface area contributed by atoms with Crippen LogP contribution in [0.25, 0.3) is 10.6 Å². The van der Waals surface area contributed by atoms with Gasteiger partial charge in [-0.2, -0.15) is 5.10 Å². The van der Waals surface area contributed by atoms with Gasteiger partial charge in [-0.3, -0.25) is 9.59 Å². The molecule has 0 unspecified atom stereocenters. The van der Waals surface area contributed by atoms with Crippen LogP contribution in [0, 0.1) is 0 Å². The summed E-state index contributed by atoms with van der Waals surface area (Å²) in [5, 5.41) is 7.16. The molecule has 0 aliphatic heterocycles. The average molecular weight is 241 g/mol. The van der Waals surface area contributed by atoms with E-state index >= 15 is 0 Å². The molecule has 4 nitrogen and oxygen atoms in total. The van der Waals surface area contributed by atoms with Crippen molar-refractivity contribution >= 4 is 28.2 Å². The Bertz CT molecular complexity index is 547. The second-order valence-corrected chi connectivity index (χ2v) is 4.04. The van der Waals surface area contributed by atoms with Gasteiger partial charge in [0.2, 0.25) is 0 Å². The molecule has 2 heterocycles. The summed E-state index contributed by atoms with van der Waals surface area (Å²) in [6.07, 6.45) is 0. The van der Waals surface area contributed by atoms with Crippen molar-refractivity contribution in [2.75, 3.05) is 0 Å². The van der Waals surface area contributed by atoms with Crippen molar-refractivity contribution in [3.8, 4) is 10.6 Å². The van der Waals surface area contributed by atoms with Crippen LogP contribution in [-0.2, 0) is 0 Å². The highest BCUT2D eigenvalue weighted by atomic mass is 35.5. The van der Waals surface area contributed by atoms with Crippen LogP contribution in [0.5, 0.6) is 0 Å². The topological polar surface area (TPSA) is 62.8 Å². The van der Waals surface area contributed by atoms with Crippen LogP contribution >= 0.6 is 22.9 Å². The zero-order chi connectivity index (χ0) is 10.8. The van der Waals surface area contributed by atoms with Gasteiger partial charge in [0, 0.05) is 0 Å². The van der Waals surface area contributed by atoms with Gasteiger partial charge in [0.1, 0.15) is 11.3 Å². The Balaban J connectivity index is 2.57. The van der Waals surface area contributed by atoms with Gasteiger partial charge in [-0.15, -0.1) is 11.3 Å². The van der Waals surface area contributed by atoms with Gasteiger partial charge in [0.25, 0.3) is 10.8 Å². The predicted octanol–water partition coefficient (Wildman–Crippen LogP) is 1.88. The van der Waals surface area contributed by atoms with Crippen LogP contribution in [0.2, 0.25) is 0 Å². The van der Waals surface area contributed by atoms with Crippen LogP contribution in [-0.4, -0.2) is 15.4 Å². The molecule has 0 atom stereocenters. The minimum atomic E-state index is -0.781. The molecule has 6 heteroatoms. The lowest BCUT2D eigenvalue weighted by Crippen LogP contribution is -2.16. The molecule has 0 radical (unpaired) electrons. The zero-order valence-electron chi connectivity index (χ0n) is 7.36. The van der Waals surface area contributed by atoms with Gasteiger partial charge in [-0.05, 0) is 29.1 Å². The number of nitrogens with one attached hydrogen (secondary N) is 1. The van der Waals surface area contributed by atoms with Crippen molar-refractivity contribution in [1.29, 1.82) is 0 Å². The molecule has 76 valence electrons. The summed E-state index contributed by atoms with van der Waals surface area (Å²) in [7, 11) is 0. The predicted molar refractivity (Wildman–Crippen MR) is 58.4 cm³/mol. The molecular weight excluding hydrogens is 236 g/mol. The van der Waals surface area contributed by atoms with Crippen LogP contribution in [0.15, 0.2) is 28.4 Å². The Morgan fingerprint density at radius 3 is 2.93 bits per heavy atom. The Kier molecular flexibility index (Phi) is 2.66. The third kappa shape index (κ3) is 1.98. The fraction of sp³-hybridized carbons (Fsp3) is 0. The van der Waals surface area contributed by atoms with Crippen molar-refractivity contribution in [3.05, 3.63) is 39.5 Å². The summed E-state index contributed by atoms with van der Waals surface area (Å²) in [4.78, 5) is 22.9. The maximum Gasteiger partial charge on any atom is 0.276 e. The number of aromatic nitrogens is 2. The van der Waals surface area contributed by atoms with Gasteiger partial charge in [0.15, 0.2) is 0 Å². The standard InChI is InChI=1S/C9H5ClN2O2S/c10-8(13)5-4-6(11-12-9(5)14)7-2-1-3-15-7/h1-4H,(H,12,14). The van der Waals surface area contributed by atoms with Crippen LogP contribution in [0.1, 0.15) is 10.4 Å². The maximum absolute atomic E-state index is 11.2. The molecule has 0 saturated heterocycles. The van der Waals surface area contributed by atoms with Gasteiger partial charge < -0.3 is 0 Å². The number of nitrogens with zero attached hydrogens (tertiary/aromatic N) is 1. The number of hydrogen-bond donors (Lipinski definition) is 1. The first-order chi connectivity index (χ1) is 7.18. The normalized spacial score (nSPS) is 10.2. The van der Waals surface area contributed by atoms with E-state index in [1.165, 1.54) is 17.4 Å². The highest BCUT2D eigenvalue weighted by Crippen LogP contribution is 2.21. The third-order valence-electron chi connectivity index (χ3n) is 1.79. The van der Waals surface area contributed by atoms with Crippen LogP contribution < -0.4 is 5.56 Å². The fourth-order valence-electron chi connectivity index (χ4n) is 1.10. The first-order valence-electron chi connectivity index (χ1n) is 4.02. The van der Waals surface area contributed by atoms with Gasteiger partial charge >= 0.3 is 0 Å². The van der Waals surface area contributed by atoms with E-state index in [0.29, 0.717) is 5.69 Å². The molecule has 0 saturated carbocycles. The summed E-state index contributed by atoms with van der Waals surface area (Å²) < 4.78 is 0. The first-order valence-corrected chi connectivity index (χ1v) is 5.27. The lowest BCUT2D eigenvalue weighted by atomic mass is 10.2. The SMILES string of the molecule is O=C(Cl)c1cc(-c2cccs2)n[nH]c1=O. The molecular formula is C9H5ClN2O2S. The summed E-state index contributed by atoms with van der Waals surface area (Å²) in [6, 6.07) is 5.09. The second kappa shape index (κ2) is 3.96.